The summed E-state index contributed by atoms with van der Waals surface area (Å²) in [6.45, 7) is 7.12. The number of benzene rings is 2. The van der Waals surface area contributed by atoms with Gasteiger partial charge in [-0.25, -0.2) is 0 Å². The lowest BCUT2D eigenvalue weighted by Crippen LogP contribution is -2.37. The van der Waals surface area contributed by atoms with Crippen LogP contribution < -0.4 is 4.74 Å². The van der Waals surface area contributed by atoms with Gasteiger partial charge in [0.2, 0.25) is 5.91 Å². The van der Waals surface area contributed by atoms with Crippen LogP contribution in [-0.4, -0.2) is 54.4 Å². The fourth-order valence-electron chi connectivity index (χ4n) is 3.54. The molecule has 29 heavy (non-hydrogen) atoms. The maximum absolute atomic E-state index is 12.8. The van der Waals surface area contributed by atoms with Gasteiger partial charge in [0.25, 0.3) is 5.91 Å². The summed E-state index contributed by atoms with van der Waals surface area (Å²) in [5.41, 5.74) is 3.00. The van der Waals surface area contributed by atoms with Crippen molar-refractivity contribution in [3.05, 3.63) is 65.2 Å². The Morgan fingerprint density at radius 1 is 0.897 bits per heavy atom. The molecule has 1 fully saturated rings. The number of amides is 2. The largest absolute Gasteiger partial charge is 0.494 e. The molecule has 0 N–H and O–H groups in total. The van der Waals surface area contributed by atoms with Crippen LogP contribution in [0.5, 0.6) is 5.75 Å². The van der Waals surface area contributed by atoms with E-state index in [0.717, 1.165) is 23.3 Å². The van der Waals surface area contributed by atoms with Crippen LogP contribution >= 0.6 is 0 Å². The topological polar surface area (TPSA) is 49.9 Å². The van der Waals surface area contributed by atoms with E-state index < -0.39 is 0 Å². The Labute approximate surface area is 173 Å². The van der Waals surface area contributed by atoms with Gasteiger partial charge in [-0.05, 0) is 51.0 Å². The summed E-state index contributed by atoms with van der Waals surface area (Å²) in [6.07, 6.45) is 1.97. The summed E-state index contributed by atoms with van der Waals surface area (Å²) in [6, 6.07) is 15.6. The molecule has 1 heterocycles. The van der Waals surface area contributed by atoms with Crippen LogP contribution in [0.1, 0.15) is 40.7 Å². The highest BCUT2D eigenvalue weighted by Gasteiger charge is 2.22. The first kappa shape index (κ1) is 20.9. The molecule has 0 aromatic heterocycles. The zero-order valence-corrected chi connectivity index (χ0v) is 17.4. The van der Waals surface area contributed by atoms with E-state index >= 15 is 0 Å². The number of nitrogens with zero attached hydrogens (tertiary/aromatic N) is 2. The van der Waals surface area contributed by atoms with E-state index in [2.05, 4.69) is 0 Å². The van der Waals surface area contributed by atoms with Gasteiger partial charge in [0, 0.05) is 38.2 Å². The molecule has 2 aromatic carbocycles. The van der Waals surface area contributed by atoms with Crippen molar-refractivity contribution < 1.29 is 14.3 Å². The average Bonchev–Trinajstić information content (AvgIpc) is 2.98. The van der Waals surface area contributed by atoms with Crippen molar-refractivity contribution in [3.63, 3.8) is 0 Å². The lowest BCUT2D eigenvalue weighted by atomic mass is 10.1. The van der Waals surface area contributed by atoms with E-state index in [1.807, 2.05) is 72.2 Å². The highest BCUT2D eigenvalue weighted by Crippen LogP contribution is 2.14. The number of carbonyl (C=O) groups excluding carboxylic acids is 2. The minimum Gasteiger partial charge on any atom is -0.494 e. The molecule has 0 atom stereocenters. The third kappa shape index (κ3) is 6.08. The van der Waals surface area contributed by atoms with Crippen molar-refractivity contribution in [1.82, 2.24) is 9.80 Å². The standard InChI is InChI=1S/C24H30N2O3/c1-19-9-11-22(12-10-19)29-17-4-8-23(27)25-13-5-14-26(16-15-25)24(28)21-7-3-6-20(2)18-21/h3,6-7,9-12,18H,4-5,8,13-17H2,1-2H3. The van der Waals surface area contributed by atoms with Crippen LogP contribution in [0.4, 0.5) is 0 Å². The zero-order valence-electron chi connectivity index (χ0n) is 17.4. The molecule has 0 unspecified atom stereocenters. The van der Waals surface area contributed by atoms with Gasteiger partial charge in [0.15, 0.2) is 0 Å². The Balaban J connectivity index is 1.43. The van der Waals surface area contributed by atoms with Crippen LogP contribution in [0.3, 0.4) is 0 Å². The Morgan fingerprint density at radius 3 is 2.38 bits per heavy atom. The van der Waals surface area contributed by atoms with Crippen molar-refractivity contribution in [1.29, 1.82) is 0 Å². The van der Waals surface area contributed by atoms with E-state index in [1.54, 1.807) is 0 Å². The number of ether oxygens (including phenoxy) is 1. The molecular formula is C24H30N2O3. The molecular weight excluding hydrogens is 364 g/mol. The van der Waals surface area contributed by atoms with Crippen molar-refractivity contribution >= 4 is 11.8 Å². The van der Waals surface area contributed by atoms with Gasteiger partial charge in [-0.2, -0.15) is 0 Å². The molecule has 5 heteroatoms. The van der Waals surface area contributed by atoms with Crippen LogP contribution in [0.2, 0.25) is 0 Å². The van der Waals surface area contributed by atoms with Crippen molar-refractivity contribution in [2.24, 2.45) is 0 Å². The van der Waals surface area contributed by atoms with E-state index in [9.17, 15) is 9.59 Å². The maximum Gasteiger partial charge on any atom is 0.253 e. The summed E-state index contributed by atoms with van der Waals surface area (Å²) in [4.78, 5) is 29.1. The molecule has 1 aliphatic heterocycles. The fraction of sp³-hybridized carbons (Fsp3) is 0.417. The highest BCUT2D eigenvalue weighted by molar-refractivity contribution is 5.94. The molecule has 1 aliphatic rings. The molecule has 154 valence electrons. The van der Waals surface area contributed by atoms with Crippen LogP contribution in [0.15, 0.2) is 48.5 Å². The fourth-order valence-corrected chi connectivity index (χ4v) is 3.54. The molecule has 2 amide bonds. The quantitative estimate of drug-likeness (QED) is 0.700. The third-order valence-electron chi connectivity index (χ3n) is 5.23. The minimum atomic E-state index is 0.0505. The average molecular weight is 395 g/mol. The Bertz CT molecular complexity index is 832. The monoisotopic (exact) mass is 394 g/mol. The molecule has 5 nitrogen and oxygen atoms in total. The summed E-state index contributed by atoms with van der Waals surface area (Å²) >= 11 is 0. The van der Waals surface area contributed by atoms with E-state index in [0.29, 0.717) is 45.6 Å². The Morgan fingerprint density at radius 2 is 1.62 bits per heavy atom. The first-order chi connectivity index (χ1) is 14.0. The van der Waals surface area contributed by atoms with Gasteiger partial charge in [0.05, 0.1) is 6.61 Å². The molecule has 0 spiro atoms. The third-order valence-corrected chi connectivity index (χ3v) is 5.23. The molecule has 2 aromatic rings. The number of carbonyl (C=O) groups is 2. The summed E-state index contributed by atoms with van der Waals surface area (Å²) in [5.74, 6) is 1.03. The molecule has 0 saturated carbocycles. The molecule has 0 radical (unpaired) electrons. The minimum absolute atomic E-state index is 0.0505. The molecule has 1 saturated heterocycles. The maximum atomic E-state index is 12.8. The SMILES string of the molecule is Cc1ccc(OCCCC(=O)N2CCCN(C(=O)c3cccc(C)c3)CC2)cc1. The van der Waals surface area contributed by atoms with E-state index in [1.165, 1.54) is 5.56 Å². The number of hydrogen-bond acceptors (Lipinski definition) is 3. The highest BCUT2D eigenvalue weighted by atomic mass is 16.5. The lowest BCUT2D eigenvalue weighted by molar-refractivity contribution is -0.131. The normalized spacial score (nSPS) is 14.4. The number of rotatable bonds is 6. The lowest BCUT2D eigenvalue weighted by Gasteiger charge is -2.22. The van der Waals surface area contributed by atoms with Crippen molar-refractivity contribution in [2.45, 2.75) is 33.1 Å². The second-order valence-corrected chi connectivity index (χ2v) is 7.66. The predicted octanol–water partition coefficient (Wildman–Crippen LogP) is 3.84. The van der Waals surface area contributed by atoms with Crippen LogP contribution in [-0.2, 0) is 4.79 Å². The van der Waals surface area contributed by atoms with Crippen molar-refractivity contribution in [2.75, 3.05) is 32.8 Å². The van der Waals surface area contributed by atoms with Gasteiger partial charge in [-0.15, -0.1) is 0 Å². The number of aryl methyl sites for hydroxylation is 2. The van der Waals surface area contributed by atoms with E-state index in [-0.39, 0.29) is 11.8 Å². The van der Waals surface area contributed by atoms with Crippen LogP contribution in [0, 0.1) is 13.8 Å². The first-order valence-corrected chi connectivity index (χ1v) is 10.4. The summed E-state index contributed by atoms with van der Waals surface area (Å²) in [7, 11) is 0. The van der Waals surface area contributed by atoms with Crippen LogP contribution in [0.25, 0.3) is 0 Å². The Kier molecular flexibility index (Phi) is 7.28. The zero-order chi connectivity index (χ0) is 20.6. The van der Waals surface area contributed by atoms with Gasteiger partial charge in [-0.3, -0.25) is 9.59 Å². The second-order valence-electron chi connectivity index (χ2n) is 7.66. The summed E-state index contributed by atoms with van der Waals surface area (Å²) < 4.78 is 5.71. The molecule has 3 rings (SSSR count). The van der Waals surface area contributed by atoms with Crippen molar-refractivity contribution in [3.8, 4) is 5.75 Å². The smallest absolute Gasteiger partial charge is 0.253 e. The van der Waals surface area contributed by atoms with Gasteiger partial charge in [0.1, 0.15) is 5.75 Å². The number of hydrogen-bond donors (Lipinski definition) is 0. The van der Waals surface area contributed by atoms with E-state index in [4.69, 9.17) is 4.74 Å². The summed E-state index contributed by atoms with van der Waals surface area (Å²) in [5, 5.41) is 0. The van der Waals surface area contributed by atoms with Gasteiger partial charge in [-0.1, -0.05) is 35.4 Å². The molecule has 0 bridgehead atoms. The second kappa shape index (κ2) is 10.1. The first-order valence-electron chi connectivity index (χ1n) is 10.4. The van der Waals surface area contributed by atoms with Gasteiger partial charge >= 0.3 is 0 Å². The Hall–Kier alpha value is -2.82. The van der Waals surface area contributed by atoms with Gasteiger partial charge < -0.3 is 14.5 Å². The predicted molar refractivity (Wildman–Crippen MR) is 114 cm³/mol. The molecule has 0 aliphatic carbocycles.